The van der Waals surface area contributed by atoms with E-state index in [0.717, 1.165) is 13.0 Å². The predicted octanol–water partition coefficient (Wildman–Crippen LogP) is 0.365. The lowest BCUT2D eigenvalue weighted by molar-refractivity contribution is 0.0725. The smallest absolute Gasteiger partial charge is 0.0592 e. The second-order valence-corrected chi connectivity index (χ2v) is 3.09. The van der Waals surface area contributed by atoms with E-state index in [1.54, 1.807) is 0 Å². The van der Waals surface area contributed by atoms with E-state index in [1.165, 1.54) is 0 Å². The Labute approximate surface area is 56.3 Å². The monoisotopic (exact) mass is 129 g/mol. The van der Waals surface area contributed by atoms with Crippen LogP contribution in [-0.4, -0.2) is 23.8 Å². The Balaban J connectivity index is 2.35. The summed E-state index contributed by atoms with van der Waals surface area (Å²) in [6.45, 7) is 5.14. The van der Waals surface area contributed by atoms with Crippen molar-refractivity contribution in [3.63, 3.8) is 0 Å². The maximum atomic E-state index is 9.31. The van der Waals surface area contributed by atoms with Crippen molar-refractivity contribution in [2.24, 2.45) is 5.92 Å². The van der Waals surface area contributed by atoms with Crippen molar-refractivity contribution in [1.29, 1.82) is 0 Å². The zero-order valence-corrected chi connectivity index (χ0v) is 6.09. The standard InChI is InChI=1S/C7H15NO/c1-5-4-8-6(2)3-7(5)9/h5-9H,3-4H2,1-2H3/t5-,6-,7+/m1/s1. The molecule has 1 aliphatic heterocycles. The Hall–Kier alpha value is -0.0800. The van der Waals surface area contributed by atoms with E-state index in [9.17, 15) is 5.11 Å². The van der Waals surface area contributed by atoms with Gasteiger partial charge in [-0.05, 0) is 19.3 Å². The van der Waals surface area contributed by atoms with E-state index in [0.29, 0.717) is 12.0 Å². The molecule has 0 aromatic carbocycles. The van der Waals surface area contributed by atoms with Gasteiger partial charge >= 0.3 is 0 Å². The molecule has 0 amide bonds. The van der Waals surface area contributed by atoms with Gasteiger partial charge in [-0.25, -0.2) is 0 Å². The van der Waals surface area contributed by atoms with Crippen LogP contribution in [0.15, 0.2) is 0 Å². The third-order valence-corrected chi connectivity index (χ3v) is 2.04. The van der Waals surface area contributed by atoms with Gasteiger partial charge < -0.3 is 10.4 Å². The van der Waals surface area contributed by atoms with Gasteiger partial charge in [0.05, 0.1) is 6.10 Å². The van der Waals surface area contributed by atoms with E-state index in [1.807, 2.05) is 0 Å². The highest BCUT2D eigenvalue weighted by Gasteiger charge is 2.22. The number of aliphatic hydroxyl groups excluding tert-OH is 1. The third-order valence-electron chi connectivity index (χ3n) is 2.04. The summed E-state index contributed by atoms with van der Waals surface area (Å²) in [6, 6.07) is 0.496. The van der Waals surface area contributed by atoms with Gasteiger partial charge in [-0.1, -0.05) is 6.92 Å². The summed E-state index contributed by atoms with van der Waals surface area (Å²) < 4.78 is 0. The minimum atomic E-state index is -0.0822. The number of hydrogen-bond donors (Lipinski definition) is 2. The van der Waals surface area contributed by atoms with Crippen molar-refractivity contribution in [1.82, 2.24) is 5.32 Å². The Bertz CT molecular complexity index is 94.9. The van der Waals surface area contributed by atoms with Crippen molar-refractivity contribution >= 4 is 0 Å². The largest absolute Gasteiger partial charge is 0.393 e. The first-order valence-electron chi connectivity index (χ1n) is 3.61. The van der Waals surface area contributed by atoms with Crippen LogP contribution in [0.4, 0.5) is 0 Å². The lowest BCUT2D eigenvalue weighted by Crippen LogP contribution is -2.43. The third kappa shape index (κ3) is 1.66. The average Bonchev–Trinajstić information content (AvgIpc) is 1.80. The molecule has 0 spiro atoms. The van der Waals surface area contributed by atoms with Crippen molar-refractivity contribution in [3.8, 4) is 0 Å². The van der Waals surface area contributed by atoms with Crippen molar-refractivity contribution < 1.29 is 5.11 Å². The highest BCUT2D eigenvalue weighted by Crippen LogP contribution is 2.13. The fourth-order valence-electron chi connectivity index (χ4n) is 1.20. The van der Waals surface area contributed by atoms with Crippen LogP contribution in [0.5, 0.6) is 0 Å². The molecular formula is C7H15NO. The molecule has 0 aromatic heterocycles. The summed E-state index contributed by atoms with van der Waals surface area (Å²) in [5.41, 5.74) is 0. The molecule has 0 bridgehead atoms. The maximum absolute atomic E-state index is 9.31. The molecule has 0 unspecified atom stereocenters. The molecule has 1 fully saturated rings. The van der Waals surface area contributed by atoms with Gasteiger partial charge in [0, 0.05) is 12.6 Å². The lowest BCUT2D eigenvalue weighted by atomic mass is 9.94. The Morgan fingerprint density at radius 3 is 2.56 bits per heavy atom. The Kier molecular flexibility index (Phi) is 2.09. The molecule has 0 radical (unpaired) electrons. The van der Waals surface area contributed by atoms with Crippen LogP contribution in [0.2, 0.25) is 0 Å². The van der Waals surface area contributed by atoms with Crippen molar-refractivity contribution in [3.05, 3.63) is 0 Å². The minimum absolute atomic E-state index is 0.0822. The molecule has 0 aliphatic carbocycles. The molecule has 54 valence electrons. The van der Waals surface area contributed by atoms with E-state index < -0.39 is 0 Å². The van der Waals surface area contributed by atoms with E-state index in [2.05, 4.69) is 19.2 Å². The first-order valence-corrected chi connectivity index (χ1v) is 3.61. The zero-order chi connectivity index (χ0) is 6.85. The second kappa shape index (κ2) is 2.67. The van der Waals surface area contributed by atoms with Crippen LogP contribution < -0.4 is 5.32 Å². The molecule has 2 heteroatoms. The molecule has 1 heterocycles. The number of nitrogens with one attached hydrogen (secondary N) is 1. The number of hydrogen-bond acceptors (Lipinski definition) is 2. The Morgan fingerprint density at radius 1 is 1.44 bits per heavy atom. The van der Waals surface area contributed by atoms with Crippen LogP contribution in [0.25, 0.3) is 0 Å². The fourth-order valence-corrected chi connectivity index (χ4v) is 1.20. The summed E-state index contributed by atoms with van der Waals surface area (Å²) in [5, 5.41) is 12.6. The summed E-state index contributed by atoms with van der Waals surface area (Å²) in [6.07, 6.45) is 0.822. The Morgan fingerprint density at radius 2 is 2.11 bits per heavy atom. The maximum Gasteiger partial charge on any atom is 0.0592 e. The highest BCUT2D eigenvalue weighted by molar-refractivity contribution is 4.78. The fraction of sp³-hybridized carbons (Fsp3) is 1.00. The number of aliphatic hydroxyl groups is 1. The molecule has 2 N–H and O–H groups in total. The summed E-state index contributed by atoms with van der Waals surface area (Å²) >= 11 is 0. The number of piperidine rings is 1. The van der Waals surface area contributed by atoms with Gasteiger partial charge in [-0.3, -0.25) is 0 Å². The van der Waals surface area contributed by atoms with E-state index in [4.69, 9.17) is 0 Å². The van der Waals surface area contributed by atoms with Gasteiger partial charge in [0.1, 0.15) is 0 Å². The molecule has 0 saturated carbocycles. The number of rotatable bonds is 0. The molecule has 1 saturated heterocycles. The van der Waals surface area contributed by atoms with Crippen LogP contribution in [0, 0.1) is 5.92 Å². The second-order valence-electron chi connectivity index (χ2n) is 3.09. The molecule has 9 heavy (non-hydrogen) atoms. The highest BCUT2D eigenvalue weighted by atomic mass is 16.3. The van der Waals surface area contributed by atoms with Gasteiger partial charge in [0.15, 0.2) is 0 Å². The normalized spacial score (nSPS) is 45.0. The predicted molar refractivity (Wildman–Crippen MR) is 37.3 cm³/mol. The van der Waals surface area contributed by atoms with Crippen LogP contribution >= 0.6 is 0 Å². The van der Waals surface area contributed by atoms with Gasteiger partial charge in [-0.2, -0.15) is 0 Å². The summed E-state index contributed by atoms with van der Waals surface area (Å²) in [4.78, 5) is 0. The topological polar surface area (TPSA) is 32.3 Å². The molecule has 1 rings (SSSR count). The van der Waals surface area contributed by atoms with E-state index >= 15 is 0 Å². The van der Waals surface area contributed by atoms with Crippen LogP contribution in [0.3, 0.4) is 0 Å². The quantitative estimate of drug-likeness (QED) is 0.495. The molecule has 0 aromatic rings. The van der Waals surface area contributed by atoms with Crippen LogP contribution in [0.1, 0.15) is 20.3 Å². The molecule has 1 aliphatic rings. The summed E-state index contributed by atoms with van der Waals surface area (Å²) in [7, 11) is 0. The first kappa shape index (κ1) is 7.03. The van der Waals surface area contributed by atoms with Crippen LogP contribution in [-0.2, 0) is 0 Å². The van der Waals surface area contributed by atoms with Crippen molar-refractivity contribution in [2.75, 3.05) is 6.54 Å². The SMILES string of the molecule is C[C@@H]1C[C@H](O)[C@H](C)CN1. The zero-order valence-electron chi connectivity index (χ0n) is 6.09. The molecule has 2 nitrogen and oxygen atoms in total. The van der Waals surface area contributed by atoms with E-state index in [-0.39, 0.29) is 6.10 Å². The summed E-state index contributed by atoms with van der Waals surface area (Å²) in [5.74, 6) is 0.432. The minimum Gasteiger partial charge on any atom is -0.393 e. The lowest BCUT2D eigenvalue weighted by Gasteiger charge is -2.29. The van der Waals surface area contributed by atoms with Gasteiger partial charge in [0.25, 0.3) is 0 Å². The average molecular weight is 129 g/mol. The molecular weight excluding hydrogens is 114 g/mol. The van der Waals surface area contributed by atoms with Gasteiger partial charge in [0.2, 0.25) is 0 Å². The molecule has 3 atom stereocenters. The first-order chi connectivity index (χ1) is 4.20. The van der Waals surface area contributed by atoms with Crippen molar-refractivity contribution in [2.45, 2.75) is 32.4 Å². The van der Waals surface area contributed by atoms with Gasteiger partial charge in [-0.15, -0.1) is 0 Å².